The van der Waals surface area contributed by atoms with Crippen LogP contribution in [-0.2, 0) is 9.59 Å². The molecule has 0 unspecified atom stereocenters. The number of nitrogens with zero attached hydrogens (tertiary/aromatic N) is 5. The van der Waals surface area contributed by atoms with Gasteiger partial charge >= 0.3 is 0 Å². The Morgan fingerprint density at radius 3 is 2.61 bits per heavy atom. The third kappa shape index (κ3) is 5.37. The molecule has 0 radical (unpaired) electrons. The van der Waals surface area contributed by atoms with E-state index in [0.29, 0.717) is 43.9 Å². The first-order valence-corrected chi connectivity index (χ1v) is 11.5. The number of ether oxygens (including phenoxy) is 1. The van der Waals surface area contributed by atoms with E-state index in [9.17, 15) is 9.59 Å². The van der Waals surface area contributed by atoms with Crippen molar-refractivity contribution < 1.29 is 14.3 Å². The molecule has 1 saturated carbocycles. The number of benzene rings is 1. The first kappa shape index (κ1) is 21.6. The number of piperazine rings is 1. The molecule has 0 bridgehead atoms. The number of thioether (sulfide) groups is 1. The molecule has 9 nitrogen and oxygen atoms in total. The summed E-state index contributed by atoms with van der Waals surface area (Å²) in [6.45, 7) is 4.98. The summed E-state index contributed by atoms with van der Waals surface area (Å²) in [5, 5.41) is 12.1. The van der Waals surface area contributed by atoms with Gasteiger partial charge in [-0.15, -0.1) is 10.2 Å². The Balaban J connectivity index is 1.30. The van der Waals surface area contributed by atoms with Crippen LogP contribution in [0.3, 0.4) is 0 Å². The van der Waals surface area contributed by atoms with Crippen LogP contribution in [0.25, 0.3) is 5.69 Å². The minimum Gasteiger partial charge on any atom is -0.495 e. The van der Waals surface area contributed by atoms with E-state index >= 15 is 0 Å². The highest BCUT2D eigenvalue weighted by atomic mass is 32.2. The molecule has 2 aliphatic rings. The average Bonchev–Trinajstić information content (AvgIpc) is 3.52. The number of methoxy groups -OCH3 is 1. The highest BCUT2D eigenvalue weighted by molar-refractivity contribution is 7.99. The maximum absolute atomic E-state index is 12.8. The van der Waals surface area contributed by atoms with Crippen LogP contribution in [0.4, 0.5) is 0 Å². The van der Waals surface area contributed by atoms with E-state index in [0.717, 1.165) is 30.1 Å². The van der Waals surface area contributed by atoms with E-state index in [-0.39, 0.29) is 17.6 Å². The van der Waals surface area contributed by atoms with E-state index in [1.165, 1.54) is 11.8 Å². The number of amides is 2. The summed E-state index contributed by atoms with van der Waals surface area (Å²) in [4.78, 5) is 28.7. The van der Waals surface area contributed by atoms with Crippen molar-refractivity contribution in [1.29, 1.82) is 0 Å². The lowest BCUT2D eigenvalue weighted by Crippen LogP contribution is -2.51. The van der Waals surface area contributed by atoms with Gasteiger partial charge in [0.25, 0.3) is 0 Å². The second kappa shape index (κ2) is 9.69. The molecule has 1 aromatic heterocycles. The van der Waals surface area contributed by atoms with Crippen molar-refractivity contribution in [3.05, 3.63) is 30.1 Å². The van der Waals surface area contributed by atoms with Gasteiger partial charge in [-0.1, -0.05) is 23.9 Å². The molecule has 1 aliphatic carbocycles. The number of rotatable bonds is 8. The van der Waals surface area contributed by atoms with Gasteiger partial charge in [-0.2, -0.15) is 0 Å². The van der Waals surface area contributed by atoms with Crippen LogP contribution >= 0.6 is 11.8 Å². The molecular formula is C21H28N6O3S. The van der Waals surface area contributed by atoms with Crippen LogP contribution in [-0.4, -0.2) is 88.0 Å². The molecule has 0 spiro atoms. The van der Waals surface area contributed by atoms with Crippen LogP contribution < -0.4 is 10.1 Å². The molecule has 2 heterocycles. The van der Waals surface area contributed by atoms with Crippen molar-refractivity contribution in [2.75, 3.05) is 45.6 Å². The third-order valence-electron chi connectivity index (χ3n) is 5.48. The normalized spacial score (nSPS) is 16.9. The Hall–Kier alpha value is -2.59. The molecule has 1 saturated heterocycles. The lowest BCUT2D eigenvalue weighted by molar-refractivity contribution is -0.130. The van der Waals surface area contributed by atoms with Crippen molar-refractivity contribution >= 4 is 23.6 Å². The minimum absolute atomic E-state index is 0.0688. The zero-order valence-corrected chi connectivity index (χ0v) is 18.7. The zero-order valence-electron chi connectivity index (χ0n) is 17.9. The number of carbonyl (C=O) groups is 2. The predicted octanol–water partition coefficient (Wildman–Crippen LogP) is 1.10. The smallest absolute Gasteiger partial charge is 0.234 e. The summed E-state index contributed by atoms with van der Waals surface area (Å²) in [5.41, 5.74) is 0.848. The highest BCUT2D eigenvalue weighted by Crippen LogP contribution is 2.28. The molecule has 31 heavy (non-hydrogen) atoms. The van der Waals surface area contributed by atoms with E-state index in [1.807, 2.05) is 40.7 Å². The van der Waals surface area contributed by atoms with Crippen LogP contribution in [0.1, 0.15) is 18.7 Å². The number of carbonyl (C=O) groups excluding carboxylic acids is 2. The molecule has 1 N–H and O–H groups in total. The quantitative estimate of drug-likeness (QED) is 0.610. The lowest BCUT2D eigenvalue weighted by atomic mass is 10.3. The van der Waals surface area contributed by atoms with Crippen LogP contribution in [0.15, 0.2) is 29.4 Å². The van der Waals surface area contributed by atoms with Crippen molar-refractivity contribution in [2.45, 2.75) is 31.0 Å². The van der Waals surface area contributed by atoms with E-state index in [4.69, 9.17) is 4.74 Å². The number of nitrogens with one attached hydrogen (secondary N) is 1. The molecule has 2 aromatic rings. The molecule has 0 atom stereocenters. The standard InChI is InChI=1S/C21H28N6O3S/c1-15-23-24-21(27(15)17-5-3-4-6-18(17)30-2)31-14-20(29)26-11-9-25(10-12-26)13-19(28)22-16-7-8-16/h3-6,16H,7-14H2,1-2H3,(H,22,28). The van der Waals surface area contributed by atoms with Crippen LogP contribution in [0, 0.1) is 6.92 Å². The van der Waals surface area contributed by atoms with Gasteiger partial charge in [-0.05, 0) is 31.9 Å². The fourth-order valence-electron chi connectivity index (χ4n) is 3.61. The molecule has 4 rings (SSSR count). The fraction of sp³-hybridized carbons (Fsp3) is 0.524. The molecule has 2 amide bonds. The van der Waals surface area contributed by atoms with Gasteiger partial charge in [0.15, 0.2) is 5.16 Å². The fourth-order valence-corrected chi connectivity index (χ4v) is 4.50. The SMILES string of the molecule is COc1ccccc1-n1c(C)nnc1SCC(=O)N1CCN(CC(=O)NC2CC2)CC1. The Morgan fingerprint density at radius 1 is 1.16 bits per heavy atom. The Bertz CT molecular complexity index is 937. The van der Waals surface area contributed by atoms with Crippen LogP contribution in [0.5, 0.6) is 5.75 Å². The monoisotopic (exact) mass is 444 g/mol. The van der Waals surface area contributed by atoms with Crippen molar-refractivity contribution in [3.8, 4) is 11.4 Å². The van der Waals surface area contributed by atoms with Gasteiger partial charge < -0.3 is 15.0 Å². The second-order valence-electron chi connectivity index (χ2n) is 7.82. The third-order valence-corrected chi connectivity index (χ3v) is 6.39. The lowest BCUT2D eigenvalue weighted by Gasteiger charge is -2.34. The summed E-state index contributed by atoms with van der Waals surface area (Å²) < 4.78 is 7.38. The van der Waals surface area contributed by atoms with E-state index in [1.54, 1.807) is 7.11 Å². The number of hydrogen-bond donors (Lipinski definition) is 1. The topological polar surface area (TPSA) is 92.6 Å². The van der Waals surface area contributed by atoms with Crippen molar-refractivity contribution in [1.82, 2.24) is 29.9 Å². The predicted molar refractivity (Wildman–Crippen MR) is 118 cm³/mol. The van der Waals surface area contributed by atoms with Gasteiger partial charge in [0.1, 0.15) is 11.6 Å². The highest BCUT2D eigenvalue weighted by Gasteiger charge is 2.26. The zero-order chi connectivity index (χ0) is 21.8. The summed E-state index contributed by atoms with van der Waals surface area (Å²) in [6, 6.07) is 8.06. The summed E-state index contributed by atoms with van der Waals surface area (Å²) in [7, 11) is 1.63. The van der Waals surface area contributed by atoms with Gasteiger partial charge in [0.2, 0.25) is 11.8 Å². The number of aromatic nitrogens is 3. The maximum atomic E-state index is 12.8. The summed E-state index contributed by atoms with van der Waals surface area (Å²) >= 11 is 1.37. The molecule has 1 aromatic carbocycles. The van der Waals surface area contributed by atoms with Crippen molar-refractivity contribution in [3.63, 3.8) is 0 Å². The van der Waals surface area contributed by atoms with Gasteiger partial charge in [-0.25, -0.2) is 0 Å². The van der Waals surface area contributed by atoms with E-state index < -0.39 is 0 Å². The molecule has 10 heteroatoms. The van der Waals surface area contributed by atoms with E-state index in [2.05, 4.69) is 20.4 Å². The van der Waals surface area contributed by atoms with Crippen LogP contribution in [0.2, 0.25) is 0 Å². The van der Waals surface area contributed by atoms with Crippen molar-refractivity contribution in [2.24, 2.45) is 0 Å². The number of hydrogen-bond acceptors (Lipinski definition) is 7. The summed E-state index contributed by atoms with van der Waals surface area (Å²) in [6.07, 6.45) is 2.19. The molecule has 2 fully saturated rings. The molecule has 166 valence electrons. The number of para-hydroxylation sites is 2. The Kier molecular flexibility index (Phi) is 6.77. The largest absolute Gasteiger partial charge is 0.495 e. The first-order valence-electron chi connectivity index (χ1n) is 10.5. The molecule has 1 aliphatic heterocycles. The van der Waals surface area contributed by atoms with Gasteiger partial charge in [0.05, 0.1) is 25.1 Å². The first-order chi connectivity index (χ1) is 15.0. The Labute approximate surface area is 186 Å². The molecular weight excluding hydrogens is 416 g/mol. The van der Waals surface area contributed by atoms with Gasteiger partial charge in [-0.3, -0.25) is 19.1 Å². The Morgan fingerprint density at radius 2 is 1.90 bits per heavy atom. The minimum atomic E-state index is 0.0688. The second-order valence-corrected chi connectivity index (χ2v) is 8.77. The summed E-state index contributed by atoms with van der Waals surface area (Å²) in [5.74, 6) is 1.90. The maximum Gasteiger partial charge on any atom is 0.234 e. The number of aryl methyl sites for hydroxylation is 1. The van der Waals surface area contributed by atoms with Gasteiger partial charge in [0, 0.05) is 32.2 Å². The average molecular weight is 445 g/mol.